The minimum atomic E-state index is 0.184. The molecule has 0 saturated heterocycles. The molecule has 3 rings (SSSR count). The molecular weight excluding hydrogens is 332 g/mol. The van der Waals surface area contributed by atoms with Crippen LogP contribution in [0.3, 0.4) is 0 Å². The molecule has 25 heavy (non-hydrogen) atoms. The van der Waals surface area contributed by atoms with Crippen molar-refractivity contribution in [3.8, 4) is 0 Å². The number of Topliss-reactive ketones (excluding diaryl/α,β-unsaturated/α-hetero) is 1. The lowest BCUT2D eigenvalue weighted by Crippen LogP contribution is -2.25. The fourth-order valence-corrected chi connectivity index (χ4v) is 4.22. The summed E-state index contributed by atoms with van der Waals surface area (Å²) in [5.41, 5.74) is 4.41. The van der Waals surface area contributed by atoms with Gasteiger partial charge >= 0.3 is 0 Å². The molecule has 134 valence electrons. The zero-order chi connectivity index (χ0) is 17.8. The predicted octanol–water partition coefficient (Wildman–Crippen LogP) is 4.89. The minimum Gasteiger partial charge on any atom is -0.345 e. The van der Waals surface area contributed by atoms with Gasteiger partial charge in [0.05, 0.1) is 6.54 Å². The van der Waals surface area contributed by atoms with Gasteiger partial charge in [-0.3, -0.25) is 4.79 Å². The van der Waals surface area contributed by atoms with E-state index in [9.17, 15) is 4.79 Å². The summed E-state index contributed by atoms with van der Waals surface area (Å²) in [4.78, 5) is 12.6. The molecule has 1 N–H and O–H groups in total. The Morgan fingerprint density at radius 1 is 1.24 bits per heavy atom. The quantitative estimate of drug-likeness (QED) is 0.565. The van der Waals surface area contributed by atoms with Crippen LogP contribution in [0.15, 0.2) is 30.3 Å². The summed E-state index contributed by atoms with van der Waals surface area (Å²) in [6.07, 6.45) is 5.95. The highest BCUT2D eigenvalue weighted by atomic mass is 35.5. The van der Waals surface area contributed by atoms with Crippen LogP contribution in [-0.4, -0.2) is 23.4 Å². The number of rotatable bonds is 7. The first-order chi connectivity index (χ1) is 12.1. The van der Waals surface area contributed by atoms with Crippen molar-refractivity contribution >= 4 is 17.4 Å². The van der Waals surface area contributed by atoms with Gasteiger partial charge in [-0.1, -0.05) is 36.6 Å². The molecule has 0 atom stereocenters. The monoisotopic (exact) mass is 358 g/mol. The number of carbonyl (C=O) groups excluding carboxylic acids is 1. The fraction of sp³-hybridized carbons (Fsp3) is 0.476. The van der Waals surface area contributed by atoms with Gasteiger partial charge in [0.15, 0.2) is 5.78 Å². The van der Waals surface area contributed by atoms with E-state index in [1.165, 1.54) is 36.9 Å². The second-order valence-corrected chi connectivity index (χ2v) is 7.51. The summed E-state index contributed by atoms with van der Waals surface area (Å²) in [6, 6.07) is 10.5. The second-order valence-electron chi connectivity index (χ2n) is 7.07. The van der Waals surface area contributed by atoms with Crippen LogP contribution in [0.1, 0.15) is 59.0 Å². The number of nitrogens with one attached hydrogen (secondary N) is 1. The Labute approximate surface area is 155 Å². The molecule has 1 aliphatic rings. The molecule has 0 amide bonds. The average Bonchev–Trinajstić information content (AvgIpc) is 3.19. The van der Waals surface area contributed by atoms with Crippen molar-refractivity contribution in [2.45, 2.75) is 52.0 Å². The summed E-state index contributed by atoms with van der Waals surface area (Å²) < 4.78 is 2.38. The number of benzene rings is 1. The van der Waals surface area contributed by atoms with Gasteiger partial charge in [0.2, 0.25) is 0 Å². The van der Waals surface area contributed by atoms with E-state index < -0.39 is 0 Å². The number of carbonyl (C=O) groups is 1. The lowest BCUT2D eigenvalue weighted by molar-refractivity contribution is 0.0990. The summed E-state index contributed by atoms with van der Waals surface area (Å²) >= 11 is 6.00. The third-order valence-electron chi connectivity index (χ3n) is 5.24. The molecule has 0 unspecified atom stereocenters. The van der Waals surface area contributed by atoms with Crippen LogP contribution in [0.4, 0.5) is 0 Å². The van der Waals surface area contributed by atoms with E-state index in [4.69, 9.17) is 11.6 Å². The van der Waals surface area contributed by atoms with E-state index in [-0.39, 0.29) is 5.78 Å². The van der Waals surface area contributed by atoms with Gasteiger partial charge in [0.1, 0.15) is 0 Å². The molecule has 1 aromatic carbocycles. The zero-order valence-electron chi connectivity index (χ0n) is 15.1. The molecule has 0 spiro atoms. The first kappa shape index (κ1) is 18.2. The third kappa shape index (κ3) is 4.34. The van der Waals surface area contributed by atoms with Crippen LogP contribution >= 0.6 is 11.6 Å². The van der Waals surface area contributed by atoms with Gasteiger partial charge < -0.3 is 9.88 Å². The van der Waals surface area contributed by atoms with Gasteiger partial charge in [-0.2, -0.15) is 0 Å². The normalized spacial score (nSPS) is 15.0. The molecule has 0 radical (unpaired) electrons. The van der Waals surface area contributed by atoms with Gasteiger partial charge in [-0.15, -0.1) is 0 Å². The standard InChI is InChI=1S/C21H27ClN2O/c1-15-12-20(16(2)24(15)19-8-3-4-9-19)21(25)14-23-11-10-17-6-5-7-18(22)13-17/h5-7,12-13,19,23H,3-4,8-11,14H2,1-2H3. The molecule has 1 fully saturated rings. The molecule has 1 saturated carbocycles. The number of hydrogen-bond acceptors (Lipinski definition) is 2. The fourth-order valence-electron chi connectivity index (χ4n) is 4.01. The topological polar surface area (TPSA) is 34.0 Å². The summed E-state index contributed by atoms with van der Waals surface area (Å²) in [6.45, 7) is 5.36. The van der Waals surface area contributed by atoms with Crippen LogP contribution in [0, 0.1) is 13.8 Å². The van der Waals surface area contributed by atoms with E-state index in [2.05, 4.69) is 35.9 Å². The average molecular weight is 359 g/mol. The summed E-state index contributed by atoms with van der Waals surface area (Å²) in [5.74, 6) is 0.184. The largest absolute Gasteiger partial charge is 0.345 e. The highest BCUT2D eigenvalue weighted by molar-refractivity contribution is 6.30. The number of halogens is 1. The van der Waals surface area contributed by atoms with Crippen molar-refractivity contribution < 1.29 is 4.79 Å². The van der Waals surface area contributed by atoms with Crippen molar-refractivity contribution in [2.24, 2.45) is 0 Å². The van der Waals surface area contributed by atoms with Gasteiger partial charge in [0.25, 0.3) is 0 Å². The molecule has 0 bridgehead atoms. The molecule has 3 nitrogen and oxygen atoms in total. The highest BCUT2D eigenvalue weighted by Gasteiger charge is 2.23. The Morgan fingerprint density at radius 2 is 2.00 bits per heavy atom. The maximum atomic E-state index is 12.6. The van der Waals surface area contributed by atoms with Crippen LogP contribution in [0.5, 0.6) is 0 Å². The van der Waals surface area contributed by atoms with Crippen molar-refractivity contribution in [1.29, 1.82) is 0 Å². The first-order valence-corrected chi connectivity index (χ1v) is 9.61. The predicted molar refractivity (Wildman–Crippen MR) is 104 cm³/mol. The zero-order valence-corrected chi connectivity index (χ0v) is 15.9. The lowest BCUT2D eigenvalue weighted by atomic mass is 10.1. The number of nitrogens with zero attached hydrogens (tertiary/aromatic N) is 1. The van der Waals surface area contributed by atoms with Crippen molar-refractivity contribution in [2.75, 3.05) is 13.1 Å². The summed E-state index contributed by atoms with van der Waals surface area (Å²) in [5, 5.41) is 4.03. The maximum absolute atomic E-state index is 12.6. The Morgan fingerprint density at radius 3 is 2.72 bits per heavy atom. The Bertz CT molecular complexity index is 744. The Balaban J connectivity index is 1.55. The highest BCUT2D eigenvalue weighted by Crippen LogP contribution is 2.33. The van der Waals surface area contributed by atoms with Crippen molar-refractivity contribution in [3.05, 3.63) is 57.9 Å². The van der Waals surface area contributed by atoms with Gasteiger partial charge in [-0.05, 0) is 63.4 Å². The SMILES string of the molecule is Cc1cc(C(=O)CNCCc2cccc(Cl)c2)c(C)n1C1CCCC1. The van der Waals surface area contributed by atoms with E-state index in [1.807, 2.05) is 18.2 Å². The van der Waals surface area contributed by atoms with Crippen LogP contribution < -0.4 is 5.32 Å². The lowest BCUT2D eigenvalue weighted by Gasteiger charge is -2.17. The molecule has 2 aromatic rings. The van der Waals surface area contributed by atoms with Crippen LogP contribution in [0.2, 0.25) is 5.02 Å². The molecule has 1 heterocycles. The molecule has 0 aliphatic heterocycles. The third-order valence-corrected chi connectivity index (χ3v) is 5.47. The van der Waals surface area contributed by atoms with E-state index in [1.54, 1.807) is 0 Å². The molecule has 4 heteroatoms. The molecule has 1 aromatic heterocycles. The number of hydrogen-bond donors (Lipinski definition) is 1. The van der Waals surface area contributed by atoms with E-state index >= 15 is 0 Å². The number of aromatic nitrogens is 1. The summed E-state index contributed by atoms with van der Waals surface area (Å²) in [7, 11) is 0. The first-order valence-electron chi connectivity index (χ1n) is 9.23. The van der Waals surface area contributed by atoms with Gasteiger partial charge in [0, 0.05) is 28.0 Å². The molecule has 1 aliphatic carbocycles. The minimum absolute atomic E-state index is 0.184. The van der Waals surface area contributed by atoms with Crippen LogP contribution in [-0.2, 0) is 6.42 Å². The maximum Gasteiger partial charge on any atom is 0.178 e. The number of aryl methyl sites for hydroxylation is 1. The number of ketones is 1. The Kier molecular flexibility index (Phi) is 5.98. The van der Waals surface area contributed by atoms with Gasteiger partial charge in [-0.25, -0.2) is 0 Å². The molecular formula is C21H27ClN2O. The van der Waals surface area contributed by atoms with Crippen molar-refractivity contribution in [1.82, 2.24) is 9.88 Å². The van der Waals surface area contributed by atoms with Crippen LogP contribution in [0.25, 0.3) is 0 Å². The van der Waals surface area contributed by atoms with E-state index in [0.29, 0.717) is 12.6 Å². The van der Waals surface area contributed by atoms with E-state index in [0.717, 1.165) is 29.2 Å². The van der Waals surface area contributed by atoms with Crippen molar-refractivity contribution in [3.63, 3.8) is 0 Å². The smallest absolute Gasteiger partial charge is 0.178 e. The Hall–Kier alpha value is -1.58. The second kappa shape index (κ2) is 8.20.